The highest BCUT2D eigenvalue weighted by molar-refractivity contribution is 5.86. The topological polar surface area (TPSA) is 56.3 Å². The normalized spacial score (nSPS) is 25.5. The molecule has 1 unspecified atom stereocenters. The van der Waals surface area contributed by atoms with E-state index in [9.17, 15) is 14.3 Å². The second-order valence-corrected chi connectivity index (χ2v) is 7.40. The Labute approximate surface area is 154 Å². The Hall–Kier alpha value is -1.70. The summed E-state index contributed by atoms with van der Waals surface area (Å²) in [5.41, 5.74) is -0.981. The molecular weight excluding hydrogens is 337 g/mol. The third kappa shape index (κ3) is 4.16. The fourth-order valence-electron chi connectivity index (χ4n) is 3.74. The lowest BCUT2D eigenvalue weighted by Gasteiger charge is -2.42. The summed E-state index contributed by atoms with van der Waals surface area (Å²) in [4.78, 5) is 18.9. The number of likely N-dealkylation sites (N-methyl/N-ethyl adjacent to an activating group) is 1. The molecule has 1 aromatic carbocycles. The SMILES string of the molecule is COc1ccc(F)c(CN2CCCC(O)(CN3CCN(C)CC3)C2=O)c1. The highest BCUT2D eigenvalue weighted by Crippen LogP contribution is 2.27. The van der Waals surface area contributed by atoms with Crippen LogP contribution in [0, 0.1) is 5.82 Å². The number of piperazine rings is 1. The molecule has 1 atom stereocenters. The van der Waals surface area contributed by atoms with Gasteiger partial charge in [0.1, 0.15) is 11.6 Å². The average molecular weight is 365 g/mol. The second kappa shape index (κ2) is 7.90. The zero-order chi connectivity index (χ0) is 18.7. The van der Waals surface area contributed by atoms with Crippen LogP contribution in [-0.4, -0.2) is 84.7 Å². The van der Waals surface area contributed by atoms with Gasteiger partial charge in [-0.25, -0.2) is 4.39 Å². The van der Waals surface area contributed by atoms with Gasteiger partial charge in [0.05, 0.1) is 7.11 Å². The van der Waals surface area contributed by atoms with Crippen LogP contribution in [-0.2, 0) is 11.3 Å². The van der Waals surface area contributed by atoms with Crippen LogP contribution in [0.2, 0.25) is 0 Å². The van der Waals surface area contributed by atoms with Gasteiger partial charge < -0.3 is 19.6 Å². The lowest BCUT2D eigenvalue weighted by atomic mass is 9.90. The number of rotatable bonds is 5. The number of ether oxygens (including phenoxy) is 1. The Bertz CT molecular complexity index is 649. The van der Waals surface area contributed by atoms with Crippen molar-refractivity contribution in [1.82, 2.24) is 14.7 Å². The molecule has 3 rings (SSSR count). The number of hydrogen-bond acceptors (Lipinski definition) is 5. The van der Waals surface area contributed by atoms with E-state index in [4.69, 9.17) is 4.74 Å². The first-order valence-corrected chi connectivity index (χ1v) is 9.16. The predicted molar refractivity (Wildman–Crippen MR) is 96.5 cm³/mol. The largest absolute Gasteiger partial charge is 0.497 e. The molecule has 0 saturated carbocycles. The summed E-state index contributed by atoms with van der Waals surface area (Å²) in [6.07, 6.45) is 1.16. The number of β-amino-alcohol motifs (C(OH)–C–C–N with tert-alkyl or cyclic N) is 1. The lowest BCUT2D eigenvalue weighted by Crippen LogP contribution is -2.60. The highest BCUT2D eigenvalue weighted by Gasteiger charge is 2.43. The van der Waals surface area contributed by atoms with Gasteiger partial charge in [-0.1, -0.05) is 0 Å². The van der Waals surface area contributed by atoms with Crippen molar-refractivity contribution in [3.05, 3.63) is 29.6 Å². The maximum atomic E-state index is 14.1. The number of likely N-dealkylation sites (tertiary alicyclic amines) is 1. The number of aliphatic hydroxyl groups is 1. The number of carbonyl (C=O) groups excluding carboxylic acids is 1. The third-order valence-electron chi connectivity index (χ3n) is 5.40. The molecule has 2 saturated heterocycles. The van der Waals surface area contributed by atoms with Gasteiger partial charge in [0.2, 0.25) is 0 Å². The van der Waals surface area contributed by atoms with Crippen LogP contribution in [0.15, 0.2) is 18.2 Å². The monoisotopic (exact) mass is 365 g/mol. The van der Waals surface area contributed by atoms with Crippen molar-refractivity contribution in [3.63, 3.8) is 0 Å². The molecule has 7 heteroatoms. The minimum atomic E-state index is -1.39. The fourth-order valence-corrected chi connectivity index (χ4v) is 3.74. The van der Waals surface area contributed by atoms with Crippen molar-refractivity contribution in [2.75, 3.05) is 53.4 Å². The van der Waals surface area contributed by atoms with Crippen molar-refractivity contribution in [1.29, 1.82) is 0 Å². The van der Waals surface area contributed by atoms with E-state index in [1.807, 2.05) is 0 Å². The Balaban J connectivity index is 1.69. The van der Waals surface area contributed by atoms with E-state index < -0.39 is 5.60 Å². The van der Waals surface area contributed by atoms with E-state index in [2.05, 4.69) is 16.8 Å². The summed E-state index contributed by atoms with van der Waals surface area (Å²) >= 11 is 0. The van der Waals surface area contributed by atoms with Crippen LogP contribution >= 0.6 is 0 Å². The lowest BCUT2D eigenvalue weighted by molar-refractivity contribution is -0.160. The zero-order valence-corrected chi connectivity index (χ0v) is 15.6. The number of nitrogens with zero attached hydrogens (tertiary/aromatic N) is 3. The fraction of sp³-hybridized carbons (Fsp3) is 0.632. The van der Waals surface area contributed by atoms with Gasteiger partial charge in [-0.3, -0.25) is 9.69 Å². The number of piperidine rings is 1. The van der Waals surface area contributed by atoms with Crippen molar-refractivity contribution in [3.8, 4) is 5.75 Å². The molecular formula is C19H28FN3O3. The summed E-state index contributed by atoms with van der Waals surface area (Å²) in [7, 11) is 3.60. The average Bonchev–Trinajstić information content (AvgIpc) is 2.63. The Morgan fingerprint density at radius 1 is 1.23 bits per heavy atom. The summed E-state index contributed by atoms with van der Waals surface area (Å²) in [5, 5.41) is 11.0. The van der Waals surface area contributed by atoms with Gasteiger partial charge >= 0.3 is 0 Å². The molecule has 0 radical (unpaired) electrons. The van der Waals surface area contributed by atoms with E-state index in [1.165, 1.54) is 13.2 Å². The molecule has 2 aliphatic rings. The predicted octanol–water partition coefficient (Wildman–Crippen LogP) is 0.935. The first-order chi connectivity index (χ1) is 12.4. The van der Waals surface area contributed by atoms with Gasteiger partial charge in [0.25, 0.3) is 5.91 Å². The van der Waals surface area contributed by atoms with Gasteiger partial charge in [-0.2, -0.15) is 0 Å². The van der Waals surface area contributed by atoms with Gasteiger partial charge in [0.15, 0.2) is 5.60 Å². The van der Waals surface area contributed by atoms with Crippen LogP contribution in [0.25, 0.3) is 0 Å². The number of halogens is 1. The zero-order valence-electron chi connectivity index (χ0n) is 15.6. The standard InChI is InChI=1S/C19H28FN3O3/c1-21-8-10-22(11-9-21)14-19(25)6-3-7-23(18(19)24)13-15-12-16(26-2)4-5-17(15)20/h4-5,12,25H,3,6-11,13-14H2,1-2H3. The number of hydrogen-bond donors (Lipinski definition) is 1. The summed E-state index contributed by atoms with van der Waals surface area (Å²) in [6.45, 7) is 4.57. The molecule has 1 aromatic rings. The van der Waals surface area contributed by atoms with Gasteiger partial charge in [-0.15, -0.1) is 0 Å². The van der Waals surface area contributed by atoms with Crippen LogP contribution in [0.5, 0.6) is 5.75 Å². The van der Waals surface area contributed by atoms with E-state index in [0.717, 1.165) is 26.2 Å². The van der Waals surface area contributed by atoms with E-state index in [-0.39, 0.29) is 18.3 Å². The molecule has 0 aromatic heterocycles. The Morgan fingerprint density at radius 2 is 1.96 bits per heavy atom. The minimum Gasteiger partial charge on any atom is -0.497 e. The van der Waals surface area contributed by atoms with Gasteiger partial charge in [0, 0.05) is 51.4 Å². The molecule has 6 nitrogen and oxygen atoms in total. The third-order valence-corrected chi connectivity index (χ3v) is 5.40. The first kappa shape index (κ1) is 19.1. The number of amides is 1. The van der Waals surface area contributed by atoms with E-state index >= 15 is 0 Å². The summed E-state index contributed by atoms with van der Waals surface area (Å²) in [5.74, 6) is -0.116. The van der Waals surface area contributed by atoms with E-state index in [0.29, 0.717) is 37.2 Å². The Kier molecular flexibility index (Phi) is 5.79. The summed E-state index contributed by atoms with van der Waals surface area (Å²) in [6, 6.07) is 4.51. The molecule has 1 N–H and O–H groups in total. The molecule has 0 aliphatic carbocycles. The second-order valence-electron chi connectivity index (χ2n) is 7.40. The van der Waals surface area contributed by atoms with Crippen molar-refractivity contribution in [2.24, 2.45) is 0 Å². The molecule has 0 spiro atoms. The van der Waals surface area contributed by atoms with Gasteiger partial charge in [-0.05, 0) is 38.1 Å². The van der Waals surface area contributed by atoms with Crippen molar-refractivity contribution in [2.45, 2.75) is 25.0 Å². The maximum Gasteiger partial charge on any atom is 0.256 e. The quantitative estimate of drug-likeness (QED) is 0.842. The first-order valence-electron chi connectivity index (χ1n) is 9.16. The number of carbonyl (C=O) groups is 1. The van der Waals surface area contributed by atoms with Crippen LogP contribution in [0.3, 0.4) is 0 Å². The van der Waals surface area contributed by atoms with Crippen molar-refractivity contribution >= 4 is 5.91 Å². The number of methoxy groups -OCH3 is 1. The smallest absolute Gasteiger partial charge is 0.256 e. The summed E-state index contributed by atoms with van der Waals surface area (Å²) < 4.78 is 19.3. The maximum absolute atomic E-state index is 14.1. The minimum absolute atomic E-state index is 0.146. The molecule has 26 heavy (non-hydrogen) atoms. The molecule has 2 aliphatic heterocycles. The van der Waals surface area contributed by atoms with Crippen LogP contribution < -0.4 is 4.74 Å². The van der Waals surface area contributed by atoms with Crippen LogP contribution in [0.4, 0.5) is 4.39 Å². The Morgan fingerprint density at radius 3 is 2.65 bits per heavy atom. The molecule has 144 valence electrons. The highest BCUT2D eigenvalue weighted by atomic mass is 19.1. The van der Waals surface area contributed by atoms with Crippen LogP contribution in [0.1, 0.15) is 18.4 Å². The van der Waals surface area contributed by atoms with E-state index in [1.54, 1.807) is 17.0 Å². The molecule has 2 fully saturated rings. The van der Waals surface area contributed by atoms with Crippen molar-refractivity contribution < 1.29 is 19.0 Å². The number of benzene rings is 1. The molecule has 0 bridgehead atoms. The molecule has 1 amide bonds. The molecule has 2 heterocycles.